The molecule has 2 aromatic heterocycles. The monoisotopic (exact) mass is 317 g/mol. The fourth-order valence-electron chi connectivity index (χ4n) is 2.94. The second-order valence-electron chi connectivity index (χ2n) is 6.07. The van der Waals surface area contributed by atoms with E-state index in [1.807, 2.05) is 12.3 Å². The van der Waals surface area contributed by atoms with Gasteiger partial charge in [0, 0.05) is 35.5 Å². The molecule has 3 heterocycles. The highest BCUT2D eigenvalue weighted by Crippen LogP contribution is 2.27. The van der Waals surface area contributed by atoms with E-state index in [1.54, 1.807) is 6.20 Å². The zero-order valence-corrected chi connectivity index (χ0v) is 13.8. The number of ether oxygens (including phenoxy) is 1. The Kier molecular flexibility index (Phi) is 3.58. The standard InChI is InChI=1S/C20H19N3O/c1-13-5-7-18(14(2)10-13)23-19-8-6-16(24-19)11-15-12-22-20-17(15)4-3-9-21-20/h3-5,7-12,23H,6H2,1-2H3,(H,21,22). The first-order valence-electron chi connectivity index (χ1n) is 8.04. The van der Waals surface area contributed by atoms with Gasteiger partial charge in [-0.3, -0.25) is 0 Å². The zero-order valence-electron chi connectivity index (χ0n) is 13.8. The average molecular weight is 317 g/mol. The van der Waals surface area contributed by atoms with Gasteiger partial charge in [-0.1, -0.05) is 17.7 Å². The summed E-state index contributed by atoms with van der Waals surface area (Å²) in [5, 5.41) is 4.46. The Bertz CT molecular complexity index is 966. The molecular weight excluding hydrogens is 298 g/mol. The minimum atomic E-state index is 0.778. The van der Waals surface area contributed by atoms with Crippen LogP contribution in [0.1, 0.15) is 23.1 Å². The lowest BCUT2D eigenvalue weighted by Gasteiger charge is -2.11. The van der Waals surface area contributed by atoms with Gasteiger partial charge >= 0.3 is 0 Å². The van der Waals surface area contributed by atoms with Crippen LogP contribution >= 0.6 is 0 Å². The third-order valence-corrected chi connectivity index (χ3v) is 4.17. The summed E-state index contributed by atoms with van der Waals surface area (Å²) < 4.78 is 5.95. The van der Waals surface area contributed by atoms with E-state index < -0.39 is 0 Å². The summed E-state index contributed by atoms with van der Waals surface area (Å²) in [7, 11) is 0. The maximum Gasteiger partial charge on any atom is 0.193 e. The van der Waals surface area contributed by atoms with Crippen molar-refractivity contribution in [3.05, 3.63) is 77.1 Å². The van der Waals surface area contributed by atoms with Gasteiger partial charge in [0.25, 0.3) is 0 Å². The SMILES string of the molecule is Cc1ccc(NC2=CCC(=Cc3c[nH]c4ncccc34)O2)c(C)c1. The fourth-order valence-corrected chi connectivity index (χ4v) is 2.94. The number of hydrogen-bond acceptors (Lipinski definition) is 3. The predicted octanol–water partition coefficient (Wildman–Crippen LogP) is 4.89. The Labute approximate surface area is 140 Å². The molecule has 0 fully saturated rings. The van der Waals surface area contributed by atoms with E-state index in [9.17, 15) is 0 Å². The Morgan fingerprint density at radius 3 is 3.04 bits per heavy atom. The fraction of sp³-hybridized carbons (Fsp3) is 0.150. The highest BCUT2D eigenvalue weighted by Gasteiger charge is 2.13. The number of rotatable bonds is 3. The quantitative estimate of drug-likeness (QED) is 0.723. The van der Waals surface area contributed by atoms with E-state index in [-0.39, 0.29) is 0 Å². The maximum atomic E-state index is 5.95. The third-order valence-electron chi connectivity index (χ3n) is 4.17. The number of aromatic nitrogens is 2. The molecule has 0 unspecified atom stereocenters. The molecule has 4 rings (SSSR count). The van der Waals surface area contributed by atoms with Crippen molar-refractivity contribution in [3.63, 3.8) is 0 Å². The molecular formula is C20H19N3O. The molecule has 3 aromatic rings. The van der Waals surface area contributed by atoms with Crippen molar-refractivity contribution >= 4 is 22.8 Å². The summed E-state index contributed by atoms with van der Waals surface area (Å²) in [6.07, 6.45) is 8.66. The number of nitrogens with one attached hydrogen (secondary N) is 2. The Morgan fingerprint density at radius 2 is 2.17 bits per heavy atom. The summed E-state index contributed by atoms with van der Waals surface area (Å²) in [5.41, 5.74) is 5.52. The van der Waals surface area contributed by atoms with E-state index in [1.165, 1.54) is 11.1 Å². The van der Waals surface area contributed by atoms with Gasteiger partial charge in [0.05, 0.1) is 0 Å². The lowest BCUT2D eigenvalue weighted by Crippen LogP contribution is -2.01. The van der Waals surface area contributed by atoms with Crippen LogP contribution in [0, 0.1) is 13.8 Å². The van der Waals surface area contributed by atoms with Crippen LogP contribution in [0.25, 0.3) is 17.1 Å². The van der Waals surface area contributed by atoms with E-state index in [0.29, 0.717) is 0 Å². The Hall–Kier alpha value is -3.01. The van der Waals surface area contributed by atoms with Crippen molar-refractivity contribution in [2.24, 2.45) is 0 Å². The molecule has 0 bridgehead atoms. The number of hydrogen-bond donors (Lipinski definition) is 2. The van der Waals surface area contributed by atoms with Crippen molar-refractivity contribution < 1.29 is 4.74 Å². The second-order valence-corrected chi connectivity index (χ2v) is 6.07. The topological polar surface area (TPSA) is 49.9 Å². The zero-order chi connectivity index (χ0) is 16.5. The molecule has 4 nitrogen and oxygen atoms in total. The second kappa shape index (κ2) is 5.89. The summed E-state index contributed by atoms with van der Waals surface area (Å²) in [5.74, 6) is 1.71. The maximum absolute atomic E-state index is 5.95. The van der Waals surface area contributed by atoms with Gasteiger partial charge in [-0.2, -0.15) is 0 Å². The van der Waals surface area contributed by atoms with Crippen LogP contribution in [0.2, 0.25) is 0 Å². The Morgan fingerprint density at radius 1 is 1.25 bits per heavy atom. The number of benzene rings is 1. The minimum absolute atomic E-state index is 0.778. The first-order valence-corrected chi connectivity index (χ1v) is 8.04. The summed E-state index contributed by atoms with van der Waals surface area (Å²) in [6.45, 7) is 4.19. The third kappa shape index (κ3) is 2.78. The smallest absolute Gasteiger partial charge is 0.193 e. The lowest BCUT2D eigenvalue weighted by atomic mass is 10.1. The molecule has 4 heteroatoms. The number of aromatic amines is 1. The van der Waals surface area contributed by atoms with Crippen LogP contribution in [-0.2, 0) is 4.74 Å². The first kappa shape index (κ1) is 14.6. The van der Waals surface area contributed by atoms with E-state index >= 15 is 0 Å². The molecule has 2 N–H and O–H groups in total. The molecule has 0 atom stereocenters. The molecule has 0 amide bonds. The van der Waals surface area contributed by atoms with Gasteiger partial charge in [-0.05, 0) is 49.8 Å². The van der Waals surface area contributed by atoms with Crippen LogP contribution in [-0.4, -0.2) is 9.97 Å². The highest BCUT2D eigenvalue weighted by molar-refractivity contribution is 5.86. The minimum Gasteiger partial charge on any atom is -0.445 e. The van der Waals surface area contributed by atoms with E-state index in [4.69, 9.17) is 4.74 Å². The number of anilines is 1. The summed E-state index contributed by atoms with van der Waals surface area (Å²) in [6, 6.07) is 10.3. The van der Waals surface area contributed by atoms with Gasteiger partial charge in [0.15, 0.2) is 5.88 Å². The lowest BCUT2D eigenvalue weighted by molar-refractivity contribution is 0.333. The van der Waals surface area contributed by atoms with Gasteiger partial charge in [-0.25, -0.2) is 4.98 Å². The van der Waals surface area contributed by atoms with E-state index in [0.717, 1.165) is 40.3 Å². The van der Waals surface area contributed by atoms with Crippen LogP contribution in [0.15, 0.2) is 60.4 Å². The van der Waals surface area contributed by atoms with Gasteiger partial charge in [0.2, 0.25) is 0 Å². The van der Waals surface area contributed by atoms with Crippen molar-refractivity contribution in [1.82, 2.24) is 9.97 Å². The summed E-state index contributed by atoms with van der Waals surface area (Å²) >= 11 is 0. The predicted molar refractivity (Wildman–Crippen MR) is 97.4 cm³/mol. The normalized spacial score (nSPS) is 15.6. The van der Waals surface area contributed by atoms with Gasteiger partial charge in [0.1, 0.15) is 11.4 Å². The number of fused-ring (bicyclic) bond motifs is 1. The molecule has 0 saturated heterocycles. The molecule has 0 radical (unpaired) electrons. The van der Waals surface area contributed by atoms with Crippen molar-refractivity contribution in [2.75, 3.05) is 5.32 Å². The van der Waals surface area contributed by atoms with Crippen molar-refractivity contribution in [3.8, 4) is 0 Å². The number of nitrogens with zero attached hydrogens (tertiary/aromatic N) is 1. The molecule has 120 valence electrons. The van der Waals surface area contributed by atoms with Crippen LogP contribution in [0.4, 0.5) is 5.69 Å². The number of pyridine rings is 1. The largest absolute Gasteiger partial charge is 0.445 e. The summed E-state index contributed by atoms with van der Waals surface area (Å²) in [4.78, 5) is 7.50. The highest BCUT2D eigenvalue weighted by atomic mass is 16.5. The number of aryl methyl sites for hydroxylation is 2. The first-order chi connectivity index (χ1) is 11.7. The molecule has 0 spiro atoms. The molecule has 0 aliphatic carbocycles. The van der Waals surface area contributed by atoms with Gasteiger partial charge < -0.3 is 15.0 Å². The molecule has 24 heavy (non-hydrogen) atoms. The molecule has 1 aromatic carbocycles. The van der Waals surface area contributed by atoms with E-state index in [2.05, 4.69) is 65.5 Å². The Balaban J connectivity index is 1.51. The van der Waals surface area contributed by atoms with Gasteiger partial charge in [-0.15, -0.1) is 0 Å². The van der Waals surface area contributed by atoms with Crippen LogP contribution in [0.3, 0.4) is 0 Å². The number of H-pyrrole nitrogens is 1. The average Bonchev–Trinajstić information content (AvgIpc) is 3.18. The van der Waals surface area contributed by atoms with Crippen LogP contribution < -0.4 is 5.32 Å². The molecule has 1 aliphatic rings. The van der Waals surface area contributed by atoms with Crippen molar-refractivity contribution in [2.45, 2.75) is 20.3 Å². The number of allylic oxidation sites excluding steroid dienone is 1. The molecule has 1 aliphatic heterocycles. The van der Waals surface area contributed by atoms with Crippen molar-refractivity contribution in [1.29, 1.82) is 0 Å². The molecule has 0 saturated carbocycles. The van der Waals surface area contributed by atoms with Crippen LogP contribution in [0.5, 0.6) is 0 Å².